The van der Waals surface area contributed by atoms with Crippen molar-refractivity contribution in [3.05, 3.63) is 53.5 Å². The number of hydrogen-bond acceptors (Lipinski definition) is 6. The first-order chi connectivity index (χ1) is 14.5. The van der Waals surface area contributed by atoms with Gasteiger partial charge >= 0.3 is 6.01 Å². The minimum absolute atomic E-state index is 0.0862. The Bertz CT molecular complexity index is 1230. The fourth-order valence-electron chi connectivity index (χ4n) is 3.96. The Morgan fingerprint density at radius 2 is 1.93 bits per heavy atom. The molecular weight excluding hydrogens is 385 g/mol. The maximum absolute atomic E-state index is 12.7. The highest BCUT2D eigenvalue weighted by molar-refractivity contribution is 5.76. The average Bonchev–Trinajstić information content (AvgIpc) is 3.37. The molecule has 2 atom stereocenters. The normalized spacial score (nSPS) is 18.1. The Balaban J connectivity index is 1.51. The third kappa shape index (κ3) is 3.20. The minimum Gasteiger partial charge on any atom is -0.461 e. The lowest BCUT2D eigenvalue weighted by Crippen LogP contribution is -2.09. The van der Waals surface area contributed by atoms with Gasteiger partial charge in [-0.2, -0.15) is 14.6 Å². The summed E-state index contributed by atoms with van der Waals surface area (Å²) in [5, 5.41) is 4.41. The van der Waals surface area contributed by atoms with Crippen molar-refractivity contribution in [1.29, 1.82) is 0 Å². The van der Waals surface area contributed by atoms with E-state index in [2.05, 4.69) is 30.7 Å². The molecule has 0 amide bonds. The van der Waals surface area contributed by atoms with E-state index in [1.807, 2.05) is 45.2 Å². The number of halogens is 1. The molecular formula is C21H22FN7O. The number of imidazole rings is 1. The molecule has 154 valence electrons. The van der Waals surface area contributed by atoms with Gasteiger partial charge in [-0.3, -0.25) is 0 Å². The van der Waals surface area contributed by atoms with Crippen molar-refractivity contribution in [1.82, 2.24) is 34.3 Å². The van der Waals surface area contributed by atoms with Gasteiger partial charge in [0.15, 0.2) is 5.82 Å². The fraction of sp³-hybridized carbons (Fsp3) is 0.381. The molecule has 1 saturated carbocycles. The highest BCUT2D eigenvalue weighted by Gasteiger charge is 2.44. The number of ether oxygens (including phenoxy) is 1. The summed E-state index contributed by atoms with van der Waals surface area (Å²) in [6.07, 6.45) is 0.936. The number of para-hydroxylation sites is 2. The predicted molar refractivity (Wildman–Crippen MR) is 109 cm³/mol. The van der Waals surface area contributed by atoms with Gasteiger partial charge in [-0.25, -0.2) is 14.4 Å². The van der Waals surface area contributed by atoms with Gasteiger partial charge in [0.25, 0.3) is 0 Å². The Morgan fingerprint density at radius 1 is 1.10 bits per heavy atom. The monoisotopic (exact) mass is 407 g/mol. The standard InChI is InChI=1S/C21H22FN7O/c1-12-23-13(2)29(27-12)19-11-17(25-21(26-19)30-9-8-22)14-10-15(14)20-24-16-6-4-5-7-18(16)28(20)3/h4-7,11,14-15H,8-10H2,1-3H3/t14-,15-/m1/s1. The Morgan fingerprint density at radius 3 is 2.67 bits per heavy atom. The smallest absolute Gasteiger partial charge is 0.318 e. The van der Waals surface area contributed by atoms with Crippen LogP contribution in [0.15, 0.2) is 30.3 Å². The SMILES string of the molecule is Cc1nc(C)n(-c2cc([C@@H]3C[C@H]3c3nc4ccccc4n3C)nc(OCCF)n2)n1. The lowest BCUT2D eigenvalue weighted by molar-refractivity contribution is 0.253. The number of fused-ring (bicyclic) bond motifs is 1. The van der Waals surface area contributed by atoms with Crippen LogP contribution in [0.1, 0.15) is 41.4 Å². The molecule has 8 nitrogen and oxygen atoms in total. The maximum atomic E-state index is 12.7. The van der Waals surface area contributed by atoms with E-state index in [0.29, 0.717) is 11.6 Å². The summed E-state index contributed by atoms with van der Waals surface area (Å²) in [6, 6.07) is 10.2. The van der Waals surface area contributed by atoms with E-state index in [-0.39, 0.29) is 24.5 Å². The fourth-order valence-corrected chi connectivity index (χ4v) is 3.96. The second-order valence-electron chi connectivity index (χ2n) is 7.56. The lowest BCUT2D eigenvalue weighted by atomic mass is 10.2. The minimum atomic E-state index is -0.601. The molecule has 30 heavy (non-hydrogen) atoms. The lowest BCUT2D eigenvalue weighted by Gasteiger charge is -2.09. The number of aromatic nitrogens is 7. The first-order valence-electron chi connectivity index (χ1n) is 9.95. The van der Waals surface area contributed by atoms with Gasteiger partial charge in [0.1, 0.15) is 30.8 Å². The molecule has 3 aromatic heterocycles. The van der Waals surface area contributed by atoms with E-state index < -0.39 is 6.67 Å². The third-order valence-electron chi connectivity index (χ3n) is 5.44. The van der Waals surface area contributed by atoms with Crippen molar-refractivity contribution >= 4 is 11.0 Å². The molecule has 5 rings (SSSR count). The van der Waals surface area contributed by atoms with Gasteiger partial charge in [0.2, 0.25) is 0 Å². The van der Waals surface area contributed by atoms with Gasteiger partial charge in [-0.05, 0) is 32.4 Å². The summed E-state index contributed by atoms with van der Waals surface area (Å²) in [7, 11) is 2.04. The quantitative estimate of drug-likeness (QED) is 0.488. The summed E-state index contributed by atoms with van der Waals surface area (Å²) >= 11 is 0. The number of nitrogens with zero attached hydrogens (tertiary/aromatic N) is 7. The van der Waals surface area contributed by atoms with Crippen LogP contribution in [0.3, 0.4) is 0 Å². The van der Waals surface area contributed by atoms with Gasteiger partial charge in [0, 0.05) is 24.9 Å². The molecule has 0 saturated heterocycles. The van der Waals surface area contributed by atoms with Crippen molar-refractivity contribution in [3.8, 4) is 11.8 Å². The molecule has 0 radical (unpaired) electrons. The molecule has 0 bridgehead atoms. The molecule has 0 N–H and O–H groups in total. The summed E-state index contributed by atoms with van der Waals surface area (Å²) in [6.45, 7) is 3.01. The highest BCUT2D eigenvalue weighted by Crippen LogP contribution is 2.54. The van der Waals surface area contributed by atoms with Crippen LogP contribution in [0.4, 0.5) is 4.39 Å². The summed E-state index contributed by atoms with van der Waals surface area (Å²) < 4.78 is 21.9. The van der Waals surface area contributed by atoms with Crippen LogP contribution < -0.4 is 4.74 Å². The van der Waals surface area contributed by atoms with Gasteiger partial charge < -0.3 is 9.30 Å². The van der Waals surface area contributed by atoms with E-state index in [4.69, 9.17) is 9.72 Å². The molecule has 1 aliphatic carbocycles. The Hall–Kier alpha value is -3.36. The maximum Gasteiger partial charge on any atom is 0.318 e. The summed E-state index contributed by atoms with van der Waals surface area (Å²) in [5.41, 5.74) is 2.95. The Labute approximate surface area is 172 Å². The van der Waals surface area contributed by atoms with Crippen molar-refractivity contribution < 1.29 is 9.13 Å². The average molecular weight is 407 g/mol. The van der Waals surface area contributed by atoms with E-state index >= 15 is 0 Å². The molecule has 4 aromatic rings. The molecule has 3 heterocycles. The number of rotatable bonds is 6. The molecule has 1 aromatic carbocycles. The van der Waals surface area contributed by atoms with Crippen LogP contribution >= 0.6 is 0 Å². The van der Waals surface area contributed by atoms with E-state index in [0.717, 1.165) is 34.8 Å². The van der Waals surface area contributed by atoms with Crippen LogP contribution in [-0.2, 0) is 7.05 Å². The van der Waals surface area contributed by atoms with Crippen LogP contribution in [0.2, 0.25) is 0 Å². The van der Waals surface area contributed by atoms with Gasteiger partial charge in [-0.1, -0.05) is 12.1 Å². The topological polar surface area (TPSA) is 83.5 Å². The van der Waals surface area contributed by atoms with Crippen LogP contribution in [0.25, 0.3) is 16.9 Å². The molecule has 9 heteroatoms. The third-order valence-corrected chi connectivity index (χ3v) is 5.44. The van der Waals surface area contributed by atoms with Gasteiger partial charge in [0.05, 0.1) is 16.7 Å². The predicted octanol–water partition coefficient (Wildman–Crippen LogP) is 3.18. The zero-order valence-electron chi connectivity index (χ0n) is 17.1. The second-order valence-corrected chi connectivity index (χ2v) is 7.56. The van der Waals surface area contributed by atoms with E-state index in [1.165, 1.54) is 0 Å². The summed E-state index contributed by atoms with van der Waals surface area (Å²) in [4.78, 5) is 18.1. The zero-order valence-corrected chi connectivity index (χ0v) is 17.1. The number of aryl methyl sites for hydroxylation is 3. The molecule has 0 aliphatic heterocycles. The van der Waals surface area contributed by atoms with Gasteiger partial charge in [-0.15, -0.1) is 5.10 Å². The molecule has 0 spiro atoms. The number of alkyl halides is 1. The zero-order chi connectivity index (χ0) is 20.8. The Kier molecular flexibility index (Phi) is 4.45. The first kappa shape index (κ1) is 18.7. The molecule has 1 aliphatic rings. The first-order valence-corrected chi connectivity index (χ1v) is 9.95. The summed E-state index contributed by atoms with van der Waals surface area (Å²) in [5.74, 6) is 3.44. The highest BCUT2D eigenvalue weighted by atomic mass is 19.1. The van der Waals surface area contributed by atoms with Crippen molar-refractivity contribution in [2.45, 2.75) is 32.1 Å². The van der Waals surface area contributed by atoms with Crippen molar-refractivity contribution in [2.75, 3.05) is 13.3 Å². The van der Waals surface area contributed by atoms with Crippen molar-refractivity contribution in [2.24, 2.45) is 7.05 Å². The van der Waals surface area contributed by atoms with Crippen molar-refractivity contribution in [3.63, 3.8) is 0 Å². The molecule has 0 unspecified atom stereocenters. The number of benzene rings is 1. The van der Waals surface area contributed by atoms with E-state index in [9.17, 15) is 4.39 Å². The van der Waals surface area contributed by atoms with Crippen LogP contribution in [-0.4, -0.2) is 47.6 Å². The van der Waals surface area contributed by atoms with E-state index in [1.54, 1.807) is 4.68 Å². The second kappa shape index (κ2) is 7.16. The van der Waals surface area contributed by atoms with Crippen LogP contribution in [0, 0.1) is 13.8 Å². The van der Waals surface area contributed by atoms with Crippen LogP contribution in [0.5, 0.6) is 6.01 Å². The molecule has 1 fully saturated rings. The largest absolute Gasteiger partial charge is 0.461 e. The number of hydrogen-bond donors (Lipinski definition) is 0.